The summed E-state index contributed by atoms with van der Waals surface area (Å²) >= 11 is 0. The SMILES string of the molecule is CCc1ccc(CC(O)Cc2cccc(F)c2F)nc1. The van der Waals surface area contributed by atoms with Crippen LogP contribution in [0.5, 0.6) is 0 Å². The summed E-state index contributed by atoms with van der Waals surface area (Å²) in [6.45, 7) is 2.04. The summed E-state index contributed by atoms with van der Waals surface area (Å²) in [5.74, 6) is -1.78. The molecule has 2 aromatic rings. The summed E-state index contributed by atoms with van der Waals surface area (Å²) in [5, 5.41) is 9.97. The van der Waals surface area contributed by atoms with Crippen molar-refractivity contribution in [2.24, 2.45) is 0 Å². The van der Waals surface area contributed by atoms with E-state index >= 15 is 0 Å². The molecule has 0 spiro atoms. The Morgan fingerprint density at radius 2 is 1.95 bits per heavy atom. The molecular weight excluding hydrogens is 260 g/mol. The van der Waals surface area contributed by atoms with Crippen LogP contribution in [0, 0.1) is 11.6 Å². The molecule has 0 fully saturated rings. The zero-order valence-electron chi connectivity index (χ0n) is 11.3. The van der Waals surface area contributed by atoms with E-state index in [4.69, 9.17) is 0 Å². The molecule has 0 aliphatic heterocycles. The minimum atomic E-state index is -0.889. The fraction of sp³-hybridized carbons (Fsp3) is 0.312. The number of rotatable bonds is 5. The van der Waals surface area contributed by atoms with E-state index in [1.165, 1.54) is 12.1 Å². The molecule has 1 heterocycles. The molecule has 1 aromatic heterocycles. The highest BCUT2D eigenvalue weighted by Crippen LogP contribution is 2.15. The summed E-state index contributed by atoms with van der Waals surface area (Å²) in [6, 6.07) is 7.79. The normalized spacial score (nSPS) is 12.4. The Balaban J connectivity index is 2.01. The van der Waals surface area contributed by atoms with Crippen molar-refractivity contribution < 1.29 is 13.9 Å². The van der Waals surface area contributed by atoms with E-state index in [0.29, 0.717) is 6.42 Å². The number of aliphatic hydroxyl groups is 1. The average Bonchev–Trinajstić information content (AvgIpc) is 2.45. The minimum absolute atomic E-state index is 0.0702. The van der Waals surface area contributed by atoms with Gasteiger partial charge in [0.05, 0.1) is 6.10 Å². The van der Waals surface area contributed by atoms with Crippen molar-refractivity contribution in [1.82, 2.24) is 4.98 Å². The molecule has 0 saturated heterocycles. The lowest BCUT2D eigenvalue weighted by molar-refractivity contribution is 0.172. The topological polar surface area (TPSA) is 33.1 Å². The van der Waals surface area contributed by atoms with Crippen molar-refractivity contribution in [2.45, 2.75) is 32.3 Å². The molecular formula is C16H17F2NO. The van der Waals surface area contributed by atoms with Gasteiger partial charge in [-0.25, -0.2) is 8.78 Å². The smallest absolute Gasteiger partial charge is 0.162 e. The van der Waals surface area contributed by atoms with Gasteiger partial charge in [-0.15, -0.1) is 0 Å². The zero-order valence-corrected chi connectivity index (χ0v) is 11.3. The summed E-state index contributed by atoms with van der Waals surface area (Å²) in [6.07, 6.45) is 2.28. The van der Waals surface area contributed by atoms with Crippen LogP contribution in [0.1, 0.15) is 23.7 Å². The third kappa shape index (κ3) is 3.61. The third-order valence-electron chi connectivity index (χ3n) is 3.23. The van der Waals surface area contributed by atoms with Crippen molar-refractivity contribution in [2.75, 3.05) is 0 Å². The lowest BCUT2D eigenvalue weighted by Gasteiger charge is -2.11. The van der Waals surface area contributed by atoms with E-state index in [-0.39, 0.29) is 12.0 Å². The van der Waals surface area contributed by atoms with Gasteiger partial charge in [0.15, 0.2) is 11.6 Å². The second-order valence-electron chi connectivity index (χ2n) is 4.79. The second kappa shape index (κ2) is 6.57. The summed E-state index contributed by atoms with van der Waals surface area (Å²) < 4.78 is 26.6. The molecule has 0 amide bonds. The Kier molecular flexibility index (Phi) is 4.79. The zero-order chi connectivity index (χ0) is 14.5. The van der Waals surface area contributed by atoms with E-state index < -0.39 is 17.7 Å². The van der Waals surface area contributed by atoms with Gasteiger partial charge in [-0.1, -0.05) is 25.1 Å². The quantitative estimate of drug-likeness (QED) is 0.911. The Morgan fingerprint density at radius 3 is 2.60 bits per heavy atom. The molecule has 106 valence electrons. The van der Waals surface area contributed by atoms with Crippen LogP contribution < -0.4 is 0 Å². The van der Waals surface area contributed by atoms with Crippen LogP contribution in [-0.2, 0) is 19.3 Å². The summed E-state index contributed by atoms with van der Waals surface area (Å²) in [5.41, 5.74) is 2.05. The fourth-order valence-electron chi connectivity index (χ4n) is 2.06. The maximum absolute atomic E-state index is 13.5. The number of hydrogen-bond donors (Lipinski definition) is 1. The second-order valence-corrected chi connectivity index (χ2v) is 4.79. The van der Waals surface area contributed by atoms with Crippen molar-refractivity contribution >= 4 is 0 Å². The van der Waals surface area contributed by atoms with Crippen molar-refractivity contribution in [1.29, 1.82) is 0 Å². The van der Waals surface area contributed by atoms with Crippen LogP contribution >= 0.6 is 0 Å². The van der Waals surface area contributed by atoms with Gasteiger partial charge in [-0.2, -0.15) is 0 Å². The molecule has 1 atom stereocenters. The number of pyridine rings is 1. The van der Waals surface area contributed by atoms with Crippen molar-refractivity contribution in [3.8, 4) is 0 Å². The van der Waals surface area contributed by atoms with Crippen molar-refractivity contribution in [3.05, 3.63) is 65.0 Å². The number of nitrogens with zero attached hydrogens (tertiary/aromatic N) is 1. The molecule has 1 aromatic carbocycles. The Morgan fingerprint density at radius 1 is 1.15 bits per heavy atom. The lowest BCUT2D eigenvalue weighted by Crippen LogP contribution is -2.16. The Hall–Kier alpha value is -1.81. The van der Waals surface area contributed by atoms with Gasteiger partial charge in [-0.3, -0.25) is 4.98 Å². The monoisotopic (exact) mass is 277 g/mol. The molecule has 2 rings (SSSR count). The van der Waals surface area contributed by atoms with Gasteiger partial charge >= 0.3 is 0 Å². The molecule has 0 aliphatic carbocycles. The minimum Gasteiger partial charge on any atom is -0.392 e. The van der Waals surface area contributed by atoms with Gasteiger partial charge in [0.2, 0.25) is 0 Å². The van der Waals surface area contributed by atoms with Crippen LogP contribution in [0.15, 0.2) is 36.5 Å². The summed E-state index contributed by atoms with van der Waals surface area (Å²) in [7, 11) is 0. The molecule has 0 saturated carbocycles. The molecule has 2 nitrogen and oxygen atoms in total. The highest BCUT2D eigenvalue weighted by molar-refractivity contribution is 5.20. The number of benzene rings is 1. The van der Waals surface area contributed by atoms with Gasteiger partial charge < -0.3 is 5.11 Å². The third-order valence-corrected chi connectivity index (χ3v) is 3.23. The first kappa shape index (κ1) is 14.6. The predicted octanol–water partition coefficient (Wildman–Crippen LogP) is 3.07. The molecule has 1 N–H and O–H groups in total. The van der Waals surface area contributed by atoms with Crippen LogP contribution in [0.3, 0.4) is 0 Å². The maximum atomic E-state index is 13.5. The van der Waals surface area contributed by atoms with Crippen molar-refractivity contribution in [3.63, 3.8) is 0 Å². The van der Waals surface area contributed by atoms with E-state index in [2.05, 4.69) is 4.98 Å². The lowest BCUT2D eigenvalue weighted by atomic mass is 10.0. The van der Waals surface area contributed by atoms with Crippen LogP contribution in [0.4, 0.5) is 8.78 Å². The molecule has 0 bridgehead atoms. The highest BCUT2D eigenvalue weighted by atomic mass is 19.2. The van der Waals surface area contributed by atoms with E-state index in [9.17, 15) is 13.9 Å². The molecule has 0 aliphatic rings. The first-order valence-corrected chi connectivity index (χ1v) is 6.65. The number of halogens is 2. The Bertz CT molecular complexity index is 569. The van der Waals surface area contributed by atoms with Crippen LogP contribution in [-0.4, -0.2) is 16.2 Å². The highest BCUT2D eigenvalue weighted by Gasteiger charge is 2.13. The van der Waals surface area contributed by atoms with Gasteiger partial charge in [-0.05, 0) is 29.7 Å². The van der Waals surface area contributed by atoms with Crippen LogP contribution in [0.25, 0.3) is 0 Å². The number of aromatic nitrogens is 1. The number of aliphatic hydroxyl groups excluding tert-OH is 1. The maximum Gasteiger partial charge on any atom is 0.162 e. The largest absolute Gasteiger partial charge is 0.392 e. The first-order valence-electron chi connectivity index (χ1n) is 6.65. The standard InChI is InChI=1S/C16H17F2NO/c1-2-11-6-7-13(19-10-11)9-14(20)8-12-4-3-5-15(17)16(12)18/h3-7,10,14,20H,2,8-9H2,1H3. The van der Waals surface area contributed by atoms with Crippen LogP contribution in [0.2, 0.25) is 0 Å². The average molecular weight is 277 g/mol. The predicted molar refractivity (Wildman–Crippen MR) is 73.4 cm³/mol. The molecule has 0 radical (unpaired) electrons. The Labute approximate surface area is 117 Å². The number of hydrogen-bond acceptors (Lipinski definition) is 2. The van der Waals surface area contributed by atoms with Gasteiger partial charge in [0.25, 0.3) is 0 Å². The summed E-state index contributed by atoms with van der Waals surface area (Å²) in [4.78, 5) is 4.24. The van der Waals surface area contributed by atoms with Gasteiger partial charge in [0.1, 0.15) is 0 Å². The first-order chi connectivity index (χ1) is 9.60. The van der Waals surface area contributed by atoms with Gasteiger partial charge in [0, 0.05) is 24.7 Å². The van der Waals surface area contributed by atoms with E-state index in [1.54, 1.807) is 6.20 Å². The fourth-order valence-corrected chi connectivity index (χ4v) is 2.06. The molecule has 4 heteroatoms. The van der Waals surface area contributed by atoms with E-state index in [0.717, 1.165) is 23.7 Å². The van der Waals surface area contributed by atoms with E-state index in [1.807, 2.05) is 19.1 Å². The number of aryl methyl sites for hydroxylation is 1. The molecule has 20 heavy (non-hydrogen) atoms. The molecule has 1 unspecified atom stereocenters.